The molecule has 3 rings (SSSR count). The van der Waals surface area contributed by atoms with Crippen LogP contribution in [0.25, 0.3) is 0 Å². The number of halogens is 1. The molecule has 0 spiro atoms. The molecule has 2 aliphatic rings. The van der Waals surface area contributed by atoms with Gasteiger partial charge in [0.15, 0.2) is 0 Å². The lowest BCUT2D eigenvalue weighted by Gasteiger charge is -2.31. The Balaban J connectivity index is 1.75. The highest BCUT2D eigenvalue weighted by Crippen LogP contribution is 2.37. The fraction of sp³-hybridized carbons (Fsp3) is 0.625. The predicted octanol–water partition coefficient (Wildman–Crippen LogP) is 2.48. The van der Waals surface area contributed by atoms with E-state index in [0.29, 0.717) is 12.1 Å². The van der Waals surface area contributed by atoms with Gasteiger partial charge in [0.2, 0.25) is 0 Å². The zero-order valence-electron chi connectivity index (χ0n) is 11.8. The number of rotatable bonds is 5. The number of aliphatic hydroxyl groups is 1. The molecule has 1 saturated heterocycles. The zero-order chi connectivity index (χ0) is 13.9. The molecule has 0 saturated carbocycles. The van der Waals surface area contributed by atoms with Crippen LogP contribution >= 0.6 is 15.9 Å². The maximum absolute atomic E-state index is 9.39. The second-order valence-corrected chi connectivity index (χ2v) is 6.83. The smallest absolute Gasteiger partial charge is 0.0558 e. The van der Waals surface area contributed by atoms with Crippen molar-refractivity contribution in [3.63, 3.8) is 0 Å². The van der Waals surface area contributed by atoms with Crippen molar-refractivity contribution in [3.05, 3.63) is 33.8 Å². The third kappa shape index (κ3) is 3.08. The molecule has 4 heteroatoms. The molecule has 1 fully saturated rings. The van der Waals surface area contributed by atoms with Gasteiger partial charge in [-0.05, 0) is 55.5 Å². The van der Waals surface area contributed by atoms with Gasteiger partial charge in [-0.25, -0.2) is 0 Å². The Kier molecular flexibility index (Phi) is 4.76. The molecule has 1 aliphatic carbocycles. The van der Waals surface area contributed by atoms with Gasteiger partial charge in [0.25, 0.3) is 0 Å². The highest BCUT2D eigenvalue weighted by molar-refractivity contribution is 9.10. The number of fused-ring (bicyclic) bond motifs is 1. The van der Waals surface area contributed by atoms with Crippen molar-refractivity contribution >= 4 is 15.9 Å². The zero-order valence-corrected chi connectivity index (χ0v) is 13.4. The maximum Gasteiger partial charge on any atom is 0.0558 e. The molecule has 0 bridgehead atoms. The highest BCUT2D eigenvalue weighted by Gasteiger charge is 2.29. The molecule has 1 aliphatic heterocycles. The summed E-state index contributed by atoms with van der Waals surface area (Å²) >= 11 is 3.56. The van der Waals surface area contributed by atoms with Gasteiger partial charge in [0.1, 0.15) is 0 Å². The van der Waals surface area contributed by atoms with Crippen molar-refractivity contribution in [2.45, 2.75) is 37.8 Å². The van der Waals surface area contributed by atoms with Crippen molar-refractivity contribution in [2.24, 2.45) is 0 Å². The van der Waals surface area contributed by atoms with Gasteiger partial charge in [-0.1, -0.05) is 22.0 Å². The summed E-state index contributed by atoms with van der Waals surface area (Å²) in [5.41, 5.74) is 2.92. The molecule has 0 amide bonds. The first-order valence-electron chi connectivity index (χ1n) is 7.64. The van der Waals surface area contributed by atoms with Crippen LogP contribution in [0.3, 0.4) is 0 Å². The minimum absolute atomic E-state index is 0.245. The number of hydrogen-bond donors (Lipinski definition) is 2. The highest BCUT2D eigenvalue weighted by atomic mass is 79.9. The molecule has 0 aromatic heterocycles. The Labute approximate surface area is 129 Å². The Morgan fingerprint density at radius 2 is 2.25 bits per heavy atom. The van der Waals surface area contributed by atoms with Crippen LogP contribution in [-0.2, 0) is 6.42 Å². The van der Waals surface area contributed by atoms with Crippen LogP contribution in [0.2, 0.25) is 0 Å². The Hall–Kier alpha value is -0.420. The fourth-order valence-corrected chi connectivity index (χ4v) is 4.05. The lowest BCUT2D eigenvalue weighted by atomic mass is 10.1. The molecule has 2 atom stereocenters. The van der Waals surface area contributed by atoms with Crippen LogP contribution in [0, 0.1) is 0 Å². The van der Waals surface area contributed by atoms with E-state index in [1.807, 2.05) is 0 Å². The number of benzene rings is 1. The SMILES string of the molecule is OCCN(CC1CCCN1)C1CCc2cc(Br)ccc21. The summed E-state index contributed by atoms with van der Waals surface area (Å²) in [6.45, 7) is 3.22. The summed E-state index contributed by atoms with van der Waals surface area (Å²) in [6, 6.07) is 7.72. The molecule has 20 heavy (non-hydrogen) atoms. The summed E-state index contributed by atoms with van der Waals surface area (Å²) in [4.78, 5) is 2.47. The van der Waals surface area contributed by atoms with Crippen molar-refractivity contribution < 1.29 is 5.11 Å². The molecule has 0 radical (unpaired) electrons. The third-order valence-corrected chi connectivity index (χ3v) is 5.09. The van der Waals surface area contributed by atoms with Gasteiger partial charge in [0.05, 0.1) is 6.61 Å². The first kappa shape index (κ1) is 14.5. The monoisotopic (exact) mass is 338 g/mol. The summed E-state index contributed by atoms with van der Waals surface area (Å²) in [5, 5.41) is 13.0. The molecule has 1 aromatic carbocycles. The van der Waals surface area contributed by atoms with E-state index in [9.17, 15) is 5.11 Å². The van der Waals surface area contributed by atoms with Crippen LogP contribution in [0.5, 0.6) is 0 Å². The first-order valence-corrected chi connectivity index (χ1v) is 8.44. The average Bonchev–Trinajstić information content (AvgIpc) is 3.06. The van der Waals surface area contributed by atoms with Crippen molar-refractivity contribution in [3.8, 4) is 0 Å². The summed E-state index contributed by atoms with van der Waals surface area (Å²) < 4.78 is 1.17. The Morgan fingerprint density at radius 3 is 3.00 bits per heavy atom. The van der Waals surface area contributed by atoms with E-state index in [4.69, 9.17) is 0 Å². The predicted molar refractivity (Wildman–Crippen MR) is 84.9 cm³/mol. The Morgan fingerprint density at radius 1 is 1.35 bits per heavy atom. The summed E-state index contributed by atoms with van der Waals surface area (Å²) in [6.07, 6.45) is 4.88. The van der Waals surface area contributed by atoms with Crippen molar-refractivity contribution in [1.29, 1.82) is 0 Å². The molecular weight excluding hydrogens is 316 g/mol. The van der Waals surface area contributed by atoms with Gasteiger partial charge in [-0.3, -0.25) is 4.90 Å². The van der Waals surface area contributed by atoms with E-state index in [1.54, 1.807) is 0 Å². The van der Waals surface area contributed by atoms with Crippen molar-refractivity contribution in [2.75, 3.05) is 26.2 Å². The normalized spacial score (nSPS) is 25.4. The third-order valence-electron chi connectivity index (χ3n) is 4.60. The van der Waals surface area contributed by atoms with Crippen LogP contribution in [-0.4, -0.2) is 42.3 Å². The van der Waals surface area contributed by atoms with Crippen LogP contribution in [0.4, 0.5) is 0 Å². The largest absolute Gasteiger partial charge is 0.395 e. The molecule has 110 valence electrons. The fourth-order valence-electron chi connectivity index (χ4n) is 3.64. The molecule has 3 nitrogen and oxygen atoms in total. The lowest BCUT2D eigenvalue weighted by molar-refractivity contribution is 0.139. The van der Waals surface area contributed by atoms with E-state index in [0.717, 1.165) is 26.1 Å². The van der Waals surface area contributed by atoms with E-state index >= 15 is 0 Å². The van der Waals surface area contributed by atoms with Crippen LogP contribution < -0.4 is 5.32 Å². The van der Waals surface area contributed by atoms with Gasteiger partial charge in [-0.2, -0.15) is 0 Å². The average molecular weight is 339 g/mol. The standard InChI is InChI=1S/C16H23BrN2O/c17-13-4-5-15-12(10-13)3-6-16(15)19(8-9-20)11-14-2-1-7-18-14/h4-5,10,14,16,18,20H,1-3,6-9,11H2. The second kappa shape index (κ2) is 6.56. The molecular formula is C16H23BrN2O. The minimum Gasteiger partial charge on any atom is -0.395 e. The number of aryl methyl sites for hydroxylation is 1. The number of hydrogen-bond acceptors (Lipinski definition) is 3. The molecule has 2 N–H and O–H groups in total. The van der Waals surface area contributed by atoms with Crippen molar-refractivity contribution in [1.82, 2.24) is 10.2 Å². The van der Waals surface area contributed by atoms with E-state index in [2.05, 4.69) is 44.3 Å². The number of aliphatic hydroxyl groups excluding tert-OH is 1. The first-order chi connectivity index (χ1) is 9.78. The summed E-state index contributed by atoms with van der Waals surface area (Å²) in [7, 11) is 0. The van der Waals surface area contributed by atoms with Gasteiger partial charge >= 0.3 is 0 Å². The van der Waals surface area contributed by atoms with Gasteiger partial charge < -0.3 is 10.4 Å². The number of nitrogens with zero attached hydrogens (tertiary/aromatic N) is 1. The molecule has 1 aromatic rings. The quantitative estimate of drug-likeness (QED) is 0.865. The van der Waals surface area contributed by atoms with Crippen LogP contribution in [0.15, 0.2) is 22.7 Å². The number of nitrogens with one attached hydrogen (secondary N) is 1. The van der Waals surface area contributed by atoms with E-state index in [-0.39, 0.29) is 6.61 Å². The molecule has 1 heterocycles. The van der Waals surface area contributed by atoms with Gasteiger partial charge in [-0.15, -0.1) is 0 Å². The second-order valence-electron chi connectivity index (χ2n) is 5.91. The van der Waals surface area contributed by atoms with E-state index < -0.39 is 0 Å². The molecule has 2 unspecified atom stereocenters. The van der Waals surface area contributed by atoms with Crippen LogP contribution in [0.1, 0.15) is 36.4 Å². The van der Waals surface area contributed by atoms with E-state index in [1.165, 1.54) is 34.9 Å². The minimum atomic E-state index is 0.245. The maximum atomic E-state index is 9.39. The topological polar surface area (TPSA) is 35.5 Å². The lowest BCUT2D eigenvalue weighted by Crippen LogP contribution is -2.40. The van der Waals surface area contributed by atoms with Gasteiger partial charge in [0, 0.05) is 29.6 Å². The Bertz CT molecular complexity index is 460. The summed E-state index contributed by atoms with van der Waals surface area (Å²) in [5.74, 6) is 0.